The van der Waals surface area contributed by atoms with Gasteiger partial charge in [-0.3, -0.25) is 76.7 Å². The van der Waals surface area contributed by atoms with Crippen LogP contribution in [-0.4, -0.2) is 290 Å². The van der Waals surface area contributed by atoms with Gasteiger partial charge in [0.25, 0.3) is 0 Å². The Labute approximate surface area is 713 Å². The number of carbonyl (C=O) groups excluding carboxylic acids is 17. The highest BCUT2D eigenvalue weighted by atomic mass is 32.2. The van der Waals surface area contributed by atoms with Gasteiger partial charge < -0.3 is 126 Å². The van der Waals surface area contributed by atoms with Crippen LogP contribution in [0.3, 0.4) is 0 Å². The first-order chi connectivity index (χ1) is 57.1. The van der Waals surface area contributed by atoms with E-state index in [-0.39, 0.29) is 60.8 Å². The van der Waals surface area contributed by atoms with Gasteiger partial charge in [-0.05, 0) is 66.2 Å². The Morgan fingerprint density at radius 2 is 0.975 bits per heavy atom. The van der Waals surface area contributed by atoms with E-state index in [0.717, 1.165) is 77.8 Å². The molecule has 1 aliphatic carbocycles. The topological polar surface area (TPSA) is 636 Å². The fourth-order valence-electron chi connectivity index (χ4n) is 12.5. The zero-order valence-corrected chi connectivity index (χ0v) is 71.9. The van der Waals surface area contributed by atoms with E-state index in [1.807, 2.05) is 55.5 Å². The molecule has 1 aliphatic heterocycles. The highest BCUT2D eigenvalue weighted by Crippen LogP contribution is 2.44. The molecule has 44 heteroatoms. The van der Waals surface area contributed by atoms with Crippen molar-refractivity contribution in [2.24, 2.45) is 23.5 Å². The number of aliphatic hydroxyl groups is 6. The fraction of sp³-hybridized carbons (Fsp3) is 0.623. The van der Waals surface area contributed by atoms with Crippen LogP contribution in [0.15, 0.2) is 48.5 Å². The summed E-state index contributed by atoms with van der Waals surface area (Å²) in [5, 5.41) is 99.9. The molecule has 2 aromatic carbocycles. The smallest absolute Gasteiger partial charge is 0.407 e. The molecule has 41 nitrogen and oxygen atoms in total. The number of rotatable bonds is 51. The standard InChI is InChI=1S/C77H118N16O25S3/c1-12-13-22-49(66(78)106)83-58(101)23-24-121-60(103)28-79-67(107)50(25-37(2)3)86-74(114)61(39(6)7)92-73(113)55(33-119-35-80-41(9)98)89-75(115)62(40(8)97)93-71(111)54(30-95)87-68(108)51(26-38(4)5)84-69(109)52(27-59(102)91-76-63(82-43(11)100)65(105)64(104)57(31-96)118-76)85-70(110)53(29-94)88-72(112)56(34-120-36-81-42(10)99)90-77(116)117-32-48-46-20-16-14-18-44(46)45-19-15-17-21-47(45)48/h14-21,37-40,48-57,61-65,76,94-97,104-105H,12-13,22-36H2,1-11H3,(H2,78,106)(H,79,107)(H,80,98)(H,81,99)(H,82,100)(H,83,101)(H,84,109)(H,85,110)(H,86,114)(H,87,108)(H,88,112)(H,89,115)(H,90,116)(H,91,102)(H,92,113)(H,93,111)/t40-,49+,50+,51+,52+,53+,54+,55+,56+,57-,61+,62+,63-,64-,65-,76+/m1/s1. The van der Waals surface area contributed by atoms with Gasteiger partial charge in [0.05, 0.1) is 50.6 Å². The number of primary amides is 1. The van der Waals surface area contributed by atoms with Gasteiger partial charge in [0.2, 0.25) is 93.7 Å². The molecule has 674 valence electrons. The van der Waals surface area contributed by atoms with Gasteiger partial charge in [-0.2, -0.15) is 0 Å². The number of hydrogen-bond donors (Lipinski definition) is 22. The van der Waals surface area contributed by atoms with Crippen molar-refractivity contribution in [2.45, 2.75) is 224 Å². The molecule has 1 saturated heterocycles. The Morgan fingerprint density at radius 1 is 0.512 bits per heavy atom. The Kier molecular flexibility index (Phi) is 44.9. The highest BCUT2D eigenvalue weighted by molar-refractivity contribution is 8.13. The number of hydrogen-bond acceptors (Lipinski definition) is 28. The minimum Gasteiger partial charge on any atom is -0.449 e. The summed E-state index contributed by atoms with van der Waals surface area (Å²) in [6.45, 7) is 12.1. The third-order valence-corrected chi connectivity index (χ3v) is 21.5. The number of unbranched alkanes of at least 4 members (excludes halogenated alkanes) is 1. The molecule has 16 amide bonds. The number of carbonyl (C=O) groups is 17. The van der Waals surface area contributed by atoms with Crippen molar-refractivity contribution < 1.29 is 122 Å². The van der Waals surface area contributed by atoms with Gasteiger partial charge >= 0.3 is 6.09 Å². The SMILES string of the molecule is CCCC[C@H](NC(=O)CCSC(=O)CNC(=O)[C@H](CC(C)C)NC(=O)[C@@H](NC(=O)[C@H](CSCNC(C)=O)NC(=O)[C@@H](NC(=O)[C@H](CO)NC(=O)[C@H](CC(C)C)NC(=O)[C@H](CC(=O)N[C@H]1O[C@H](CO)[C@@H](O)[C@H](O)[C@H]1NC(C)=O)NC(=O)[C@H](CO)NC(=O)[C@H](CSCNC(C)=O)NC(=O)OCC1c2ccccc2-c2ccccc21)[C@@H](C)O)C(C)C)C(N)=O. The summed E-state index contributed by atoms with van der Waals surface area (Å²) in [6.07, 6.45) is -9.81. The Balaban J connectivity index is 1.58. The lowest BCUT2D eigenvalue weighted by Gasteiger charge is -2.42. The largest absolute Gasteiger partial charge is 0.449 e. The maximum atomic E-state index is 14.8. The van der Waals surface area contributed by atoms with Crippen LogP contribution in [-0.2, 0) is 86.2 Å². The summed E-state index contributed by atoms with van der Waals surface area (Å²) in [4.78, 5) is 230. The van der Waals surface area contributed by atoms with Crippen molar-refractivity contribution >= 4 is 135 Å². The molecule has 2 aromatic rings. The lowest BCUT2D eigenvalue weighted by Crippen LogP contribution is -2.68. The number of nitrogens with two attached hydrogens (primary N) is 1. The third-order valence-electron chi connectivity index (χ3n) is 18.8. The van der Waals surface area contributed by atoms with Gasteiger partial charge in [0.15, 0.2) is 6.23 Å². The van der Waals surface area contributed by atoms with E-state index in [2.05, 4.69) is 79.8 Å². The summed E-state index contributed by atoms with van der Waals surface area (Å²) >= 11 is 2.61. The van der Waals surface area contributed by atoms with Crippen molar-refractivity contribution in [2.75, 3.05) is 62.0 Å². The summed E-state index contributed by atoms with van der Waals surface area (Å²) in [7, 11) is 0. The van der Waals surface area contributed by atoms with Gasteiger partial charge in [-0.15, -0.1) is 23.5 Å². The molecule has 0 radical (unpaired) electrons. The zero-order chi connectivity index (χ0) is 90.5. The molecule has 121 heavy (non-hydrogen) atoms. The molecule has 0 aromatic heterocycles. The maximum Gasteiger partial charge on any atom is 0.407 e. The van der Waals surface area contributed by atoms with Crippen LogP contribution >= 0.6 is 35.3 Å². The summed E-state index contributed by atoms with van der Waals surface area (Å²) < 4.78 is 11.3. The lowest BCUT2D eigenvalue weighted by molar-refractivity contribution is -0.203. The first-order valence-electron chi connectivity index (χ1n) is 39.4. The molecule has 16 atom stereocenters. The number of aliphatic hydroxyl groups excluding tert-OH is 6. The second-order valence-electron chi connectivity index (χ2n) is 30.1. The van der Waals surface area contributed by atoms with E-state index in [1.165, 1.54) is 13.8 Å². The van der Waals surface area contributed by atoms with Crippen LogP contribution in [0.25, 0.3) is 11.1 Å². The molecule has 0 unspecified atom stereocenters. The van der Waals surface area contributed by atoms with Crippen LogP contribution in [0.2, 0.25) is 0 Å². The average molecular weight is 1760 g/mol. The molecule has 0 spiro atoms. The summed E-state index contributed by atoms with van der Waals surface area (Å²) in [5.74, 6) is -17.2. The number of thioether (sulfide) groups is 3. The second-order valence-corrected chi connectivity index (χ2v) is 33.3. The number of fused-ring (bicyclic) bond motifs is 3. The van der Waals surface area contributed by atoms with Crippen molar-refractivity contribution in [3.8, 4) is 11.1 Å². The van der Waals surface area contributed by atoms with Gasteiger partial charge in [-0.1, -0.05) is 122 Å². The van der Waals surface area contributed by atoms with E-state index in [0.29, 0.717) is 12.8 Å². The maximum absolute atomic E-state index is 14.8. The number of benzene rings is 2. The van der Waals surface area contributed by atoms with Crippen LogP contribution in [0.4, 0.5) is 4.79 Å². The minimum atomic E-state index is -2.17. The predicted octanol–water partition coefficient (Wildman–Crippen LogP) is -5.08. The third kappa shape index (κ3) is 34.9. The predicted molar refractivity (Wildman–Crippen MR) is 443 cm³/mol. The van der Waals surface area contributed by atoms with Gasteiger partial charge in [0.1, 0.15) is 91.4 Å². The number of ether oxygens (including phenoxy) is 2. The van der Waals surface area contributed by atoms with E-state index >= 15 is 0 Å². The summed E-state index contributed by atoms with van der Waals surface area (Å²) in [5.41, 5.74) is 9.00. The molecule has 0 bridgehead atoms. The lowest BCUT2D eigenvalue weighted by atomic mass is 9.95. The minimum absolute atomic E-state index is 0.00112. The first-order valence-corrected chi connectivity index (χ1v) is 42.7. The van der Waals surface area contributed by atoms with Gasteiger partial charge in [0, 0.05) is 50.4 Å². The van der Waals surface area contributed by atoms with E-state index < -0.39 is 247 Å². The van der Waals surface area contributed by atoms with E-state index in [1.54, 1.807) is 41.5 Å². The number of nitrogens with one attached hydrogen (secondary N) is 15. The van der Waals surface area contributed by atoms with Crippen LogP contribution in [0.1, 0.15) is 138 Å². The van der Waals surface area contributed by atoms with Crippen LogP contribution < -0.4 is 85.5 Å². The molecular weight excluding hydrogens is 1650 g/mol. The molecule has 23 N–H and O–H groups in total. The number of amides is 16. The fourth-order valence-corrected chi connectivity index (χ4v) is 14.9. The second kappa shape index (κ2) is 52.5. The van der Waals surface area contributed by atoms with Crippen molar-refractivity contribution in [1.29, 1.82) is 0 Å². The monoisotopic (exact) mass is 1760 g/mol. The van der Waals surface area contributed by atoms with E-state index in [4.69, 9.17) is 15.2 Å². The zero-order valence-electron chi connectivity index (χ0n) is 69.4. The van der Waals surface area contributed by atoms with Crippen molar-refractivity contribution in [3.63, 3.8) is 0 Å². The van der Waals surface area contributed by atoms with Crippen LogP contribution in [0, 0.1) is 17.8 Å². The first kappa shape index (κ1) is 104. The Morgan fingerprint density at radius 3 is 1.48 bits per heavy atom. The molecule has 0 saturated carbocycles. The quantitative estimate of drug-likeness (QED) is 0.0218. The molecule has 4 rings (SSSR count). The normalized spacial score (nSPS) is 18.1. The Bertz CT molecular complexity index is 3860. The summed E-state index contributed by atoms with van der Waals surface area (Å²) in [6, 6.07) is -3.47. The van der Waals surface area contributed by atoms with Crippen LogP contribution in [0.5, 0.6) is 0 Å². The highest BCUT2D eigenvalue weighted by Gasteiger charge is 2.47. The number of alkyl carbamates (subject to hydrolysis) is 1. The molecule has 2 aliphatic rings. The molecular formula is C77H118N16O25S3. The van der Waals surface area contributed by atoms with Crippen molar-refractivity contribution in [3.05, 3.63) is 59.7 Å². The molecule has 1 fully saturated rings. The molecule has 1 heterocycles. The van der Waals surface area contributed by atoms with Crippen molar-refractivity contribution in [1.82, 2.24) is 79.8 Å². The van der Waals surface area contributed by atoms with Gasteiger partial charge in [-0.25, -0.2) is 4.79 Å². The van der Waals surface area contributed by atoms with E-state index in [9.17, 15) is 112 Å². The Hall–Kier alpha value is -9.80. The average Bonchev–Trinajstić information content (AvgIpc) is 1.61.